The van der Waals surface area contributed by atoms with Crippen molar-refractivity contribution in [3.8, 4) is 0 Å². The molecule has 1 N–H and O–H groups in total. The molecule has 1 atom stereocenters. The number of hydrogen-bond acceptors (Lipinski definition) is 6. The van der Waals surface area contributed by atoms with Gasteiger partial charge in [0.1, 0.15) is 0 Å². The third-order valence-corrected chi connectivity index (χ3v) is 6.47. The van der Waals surface area contributed by atoms with Crippen LogP contribution in [0.2, 0.25) is 0 Å². The van der Waals surface area contributed by atoms with Crippen molar-refractivity contribution in [2.75, 3.05) is 55.7 Å². The first-order valence-electron chi connectivity index (χ1n) is 8.93. The number of halogens is 2. The van der Waals surface area contributed by atoms with E-state index in [1.54, 1.807) is 0 Å². The lowest BCUT2D eigenvalue weighted by atomic mass is 10.1. The number of nitrogens with zero attached hydrogens (tertiary/aromatic N) is 5. The third kappa shape index (κ3) is 6.13. The van der Waals surface area contributed by atoms with Gasteiger partial charge in [0.05, 0.1) is 23.9 Å². The Kier molecular flexibility index (Phi) is 8.01. The minimum absolute atomic E-state index is 0. The molecular formula is C16H26FIN6O2S. The molecule has 0 radical (unpaired) electrons. The van der Waals surface area contributed by atoms with Gasteiger partial charge in [-0.15, -0.1) is 24.0 Å². The summed E-state index contributed by atoms with van der Waals surface area (Å²) >= 11 is 0. The molecule has 11 heteroatoms. The topological polar surface area (TPSA) is 90.8 Å². The van der Waals surface area contributed by atoms with Crippen LogP contribution < -0.4 is 10.2 Å². The summed E-state index contributed by atoms with van der Waals surface area (Å²) in [7, 11) is -2.87. The number of aliphatic imine (C=N–C) groups is 1. The maximum Gasteiger partial charge on any atom is 0.225 e. The van der Waals surface area contributed by atoms with Crippen molar-refractivity contribution in [3.63, 3.8) is 0 Å². The highest BCUT2D eigenvalue weighted by Crippen LogP contribution is 2.19. The maximum atomic E-state index is 13.0. The number of piperazine rings is 1. The first kappa shape index (κ1) is 22.1. The van der Waals surface area contributed by atoms with Crippen molar-refractivity contribution < 1.29 is 12.8 Å². The largest absolute Gasteiger partial charge is 0.357 e. The molecular weight excluding hydrogens is 486 g/mol. The van der Waals surface area contributed by atoms with Gasteiger partial charge in [-0.05, 0) is 19.3 Å². The molecule has 0 spiro atoms. The first-order valence-corrected chi connectivity index (χ1v) is 10.7. The lowest BCUT2D eigenvalue weighted by Gasteiger charge is -2.36. The number of anilines is 1. The van der Waals surface area contributed by atoms with E-state index in [0.717, 1.165) is 25.6 Å². The van der Waals surface area contributed by atoms with Crippen LogP contribution in [0.25, 0.3) is 0 Å². The minimum atomic E-state index is -2.87. The smallest absolute Gasteiger partial charge is 0.225 e. The fourth-order valence-corrected chi connectivity index (χ4v) is 5.09. The Balaban J connectivity index is 0.00000261. The van der Waals surface area contributed by atoms with E-state index in [1.165, 1.54) is 12.4 Å². The molecule has 8 nitrogen and oxygen atoms in total. The van der Waals surface area contributed by atoms with E-state index < -0.39 is 15.7 Å². The molecule has 3 rings (SSSR count). The van der Waals surface area contributed by atoms with Gasteiger partial charge in [-0.1, -0.05) is 0 Å². The average molecular weight is 512 g/mol. The van der Waals surface area contributed by atoms with Crippen LogP contribution in [-0.4, -0.2) is 80.0 Å². The van der Waals surface area contributed by atoms with Crippen LogP contribution in [0.3, 0.4) is 0 Å². The Hall–Kier alpha value is -1.24. The van der Waals surface area contributed by atoms with Gasteiger partial charge in [-0.3, -0.25) is 4.99 Å². The van der Waals surface area contributed by atoms with Crippen LogP contribution in [0.4, 0.5) is 10.3 Å². The number of rotatable bonds is 4. The standard InChI is InChI=1S/C16H25FN6O2S.HI/c1-2-18-15(19-9-13-3-8-26(24,25)12-13)22-4-6-23(7-5-22)16-20-10-14(17)11-21-16;/h10-11,13H,2-9,12H2,1H3,(H,18,19);1H. The highest BCUT2D eigenvalue weighted by atomic mass is 127. The van der Waals surface area contributed by atoms with E-state index >= 15 is 0 Å². The van der Waals surface area contributed by atoms with E-state index in [1.807, 2.05) is 11.8 Å². The molecule has 0 aliphatic carbocycles. The molecule has 1 aromatic heterocycles. The summed E-state index contributed by atoms with van der Waals surface area (Å²) in [6, 6.07) is 0. The number of nitrogens with one attached hydrogen (secondary N) is 1. The summed E-state index contributed by atoms with van der Waals surface area (Å²) in [5, 5.41) is 3.29. The van der Waals surface area contributed by atoms with Crippen molar-refractivity contribution in [1.82, 2.24) is 20.2 Å². The Morgan fingerprint density at radius 1 is 1.30 bits per heavy atom. The number of sulfone groups is 1. The van der Waals surface area contributed by atoms with Gasteiger partial charge in [-0.25, -0.2) is 22.8 Å². The van der Waals surface area contributed by atoms with Crippen LogP contribution in [0.5, 0.6) is 0 Å². The Morgan fingerprint density at radius 3 is 2.52 bits per heavy atom. The summed E-state index contributed by atoms with van der Waals surface area (Å²) in [6.45, 7) is 6.22. The van der Waals surface area contributed by atoms with Gasteiger partial charge in [0.25, 0.3) is 0 Å². The second kappa shape index (κ2) is 9.80. The van der Waals surface area contributed by atoms with Gasteiger partial charge in [0.15, 0.2) is 21.6 Å². The summed E-state index contributed by atoms with van der Waals surface area (Å²) < 4.78 is 36.1. The number of aromatic nitrogens is 2. The first-order chi connectivity index (χ1) is 12.5. The highest BCUT2D eigenvalue weighted by Gasteiger charge is 2.28. The Bertz CT molecular complexity index is 738. The van der Waals surface area contributed by atoms with E-state index in [2.05, 4.69) is 25.2 Å². The van der Waals surface area contributed by atoms with E-state index in [4.69, 9.17) is 0 Å². The van der Waals surface area contributed by atoms with Crippen LogP contribution in [-0.2, 0) is 9.84 Å². The molecule has 0 saturated carbocycles. The lowest BCUT2D eigenvalue weighted by molar-refractivity contribution is 0.369. The van der Waals surface area contributed by atoms with Crippen molar-refractivity contribution in [2.24, 2.45) is 10.9 Å². The molecule has 3 heterocycles. The number of hydrogen-bond donors (Lipinski definition) is 1. The predicted octanol–water partition coefficient (Wildman–Crippen LogP) is 0.756. The van der Waals surface area contributed by atoms with Crippen molar-refractivity contribution in [1.29, 1.82) is 0 Å². The summed E-state index contributed by atoms with van der Waals surface area (Å²) in [5.41, 5.74) is 0. The van der Waals surface area contributed by atoms with E-state index in [0.29, 0.717) is 32.0 Å². The van der Waals surface area contributed by atoms with E-state index in [-0.39, 0.29) is 41.4 Å². The van der Waals surface area contributed by atoms with E-state index in [9.17, 15) is 12.8 Å². The minimum Gasteiger partial charge on any atom is -0.357 e. The zero-order chi connectivity index (χ0) is 18.6. The fraction of sp³-hybridized carbons (Fsp3) is 0.688. The molecule has 152 valence electrons. The maximum absolute atomic E-state index is 13.0. The molecule has 2 fully saturated rings. The summed E-state index contributed by atoms with van der Waals surface area (Å²) in [5.74, 6) is 1.54. The SMILES string of the molecule is CCNC(=NCC1CCS(=O)(=O)C1)N1CCN(c2ncc(F)cn2)CC1.I. The fourth-order valence-electron chi connectivity index (χ4n) is 3.24. The van der Waals surface area contributed by atoms with Crippen molar-refractivity contribution >= 4 is 45.7 Å². The molecule has 0 bridgehead atoms. The Morgan fingerprint density at radius 2 is 1.96 bits per heavy atom. The van der Waals surface area contributed by atoms with Crippen LogP contribution >= 0.6 is 24.0 Å². The van der Waals surface area contributed by atoms with Crippen LogP contribution in [0, 0.1) is 11.7 Å². The summed E-state index contributed by atoms with van der Waals surface area (Å²) in [4.78, 5) is 16.9. The Labute approximate surface area is 176 Å². The molecule has 1 unspecified atom stereocenters. The second-order valence-corrected chi connectivity index (χ2v) is 8.87. The van der Waals surface area contributed by atoms with Crippen LogP contribution in [0.1, 0.15) is 13.3 Å². The summed E-state index contributed by atoms with van der Waals surface area (Å²) in [6.07, 6.45) is 3.05. The zero-order valence-electron chi connectivity index (χ0n) is 15.3. The molecule has 2 aliphatic heterocycles. The third-order valence-electron chi connectivity index (χ3n) is 4.63. The van der Waals surface area contributed by atoms with Gasteiger partial charge in [0, 0.05) is 39.3 Å². The number of guanidine groups is 1. The van der Waals surface area contributed by atoms with Gasteiger partial charge >= 0.3 is 0 Å². The molecule has 1 aromatic rings. The molecule has 0 aromatic carbocycles. The van der Waals surface area contributed by atoms with Crippen molar-refractivity contribution in [2.45, 2.75) is 13.3 Å². The molecule has 27 heavy (non-hydrogen) atoms. The molecule has 2 aliphatic rings. The predicted molar refractivity (Wildman–Crippen MR) is 114 cm³/mol. The zero-order valence-corrected chi connectivity index (χ0v) is 18.5. The van der Waals surface area contributed by atoms with Gasteiger partial charge in [0.2, 0.25) is 5.95 Å². The highest BCUT2D eigenvalue weighted by molar-refractivity contribution is 14.0. The molecule has 0 amide bonds. The van der Waals surface area contributed by atoms with Crippen molar-refractivity contribution in [3.05, 3.63) is 18.2 Å². The molecule has 2 saturated heterocycles. The quantitative estimate of drug-likeness (QED) is 0.362. The average Bonchev–Trinajstić information content (AvgIpc) is 2.98. The lowest BCUT2D eigenvalue weighted by Crippen LogP contribution is -2.53. The van der Waals surface area contributed by atoms with Crippen LogP contribution in [0.15, 0.2) is 17.4 Å². The second-order valence-electron chi connectivity index (χ2n) is 6.64. The van der Waals surface area contributed by atoms with Gasteiger partial charge in [-0.2, -0.15) is 0 Å². The normalized spacial score (nSPS) is 22.4. The monoisotopic (exact) mass is 512 g/mol. The van der Waals surface area contributed by atoms with Gasteiger partial charge < -0.3 is 15.1 Å².